The Morgan fingerprint density at radius 2 is 1.48 bits per heavy atom. The first-order chi connectivity index (χ1) is 10.3. The van der Waals surface area contributed by atoms with Crippen molar-refractivity contribution in [3.8, 4) is 0 Å². The summed E-state index contributed by atoms with van der Waals surface area (Å²) in [5.41, 5.74) is -5.81. The van der Waals surface area contributed by atoms with E-state index in [9.17, 15) is 43.3 Å². The van der Waals surface area contributed by atoms with Gasteiger partial charge in [-0.05, 0) is 25.7 Å². The fourth-order valence-electron chi connectivity index (χ4n) is 2.15. The molecule has 0 unspecified atom stereocenters. The minimum absolute atomic E-state index is 0.325. The van der Waals surface area contributed by atoms with Crippen LogP contribution in [-0.2, 0) is 25.0 Å². The molecule has 0 heterocycles. The van der Waals surface area contributed by atoms with Crippen LogP contribution in [0.25, 0.3) is 0 Å². The van der Waals surface area contributed by atoms with Gasteiger partial charge in [-0.15, -0.1) is 4.13 Å². The van der Waals surface area contributed by atoms with Gasteiger partial charge in [0.05, 0.1) is 5.25 Å². The standard InChI is InChI=1S/C9H11F6NO5S2/c10-8(11)7(21-15)5-1-3-6(4-2-5)22(17,18)16-23(19,20)9(12,13)14/h5-6,16H,1-4H2. The highest BCUT2D eigenvalue weighted by Crippen LogP contribution is 2.35. The first kappa shape index (κ1) is 20.0. The lowest BCUT2D eigenvalue weighted by Gasteiger charge is -2.27. The summed E-state index contributed by atoms with van der Waals surface area (Å²) in [6.45, 7) is 0. The molecule has 0 aromatic rings. The normalized spacial score (nSPS) is 23.4. The van der Waals surface area contributed by atoms with Gasteiger partial charge in [0.2, 0.25) is 15.8 Å². The van der Waals surface area contributed by atoms with Crippen LogP contribution in [0.15, 0.2) is 11.8 Å². The van der Waals surface area contributed by atoms with E-state index in [0.717, 1.165) is 0 Å². The molecule has 0 aliphatic heterocycles. The second kappa shape index (κ2) is 6.84. The van der Waals surface area contributed by atoms with E-state index in [4.69, 9.17) is 0 Å². The molecule has 0 amide bonds. The van der Waals surface area contributed by atoms with Crippen LogP contribution in [0.2, 0.25) is 0 Å². The fraction of sp³-hybridized carbons (Fsp3) is 0.778. The van der Waals surface area contributed by atoms with E-state index in [0.29, 0.717) is 4.13 Å². The van der Waals surface area contributed by atoms with Crippen molar-refractivity contribution in [2.45, 2.75) is 36.4 Å². The number of halogens is 6. The number of alkyl halides is 3. The number of rotatable bonds is 5. The van der Waals surface area contributed by atoms with Gasteiger partial charge in [0.1, 0.15) is 0 Å². The summed E-state index contributed by atoms with van der Waals surface area (Å²) in [6, 6.07) is 0. The molecule has 1 rings (SSSR count). The highest BCUT2D eigenvalue weighted by atomic mass is 32.3. The summed E-state index contributed by atoms with van der Waals surface area (Å²) in [5, 5.41) is -1.54. The molecule has 1 aliphatic rings. The first-order valence-electron chi connectivity index (χ1n) is 5.99. The van der Waals surface area contributed by atoms with E-state index in [-0.39, 0.29) is 12.8 Å². The summed E-state index contributed by atoms with van der Waals surface area (Å²) in [5.74, 6) is -2.41. The Hall–Kier alpha value is -1.02. The van der Waals surface area contributed by atoms with Crippen LogP contribution in [0.3, 0.4) is 0 Å². The highest BCUT2D eigenvalue weighted by Gasteiger charge is 2.49. The monoisotopic (exact) mass is 391 g/mol. The average Bonchev–Trinajstić information content (AvgIpc) is 2.37. The maximum Gasteiger partial charge on any atom is 0.512 e. The van der Waals surface area contributed by atoms with Gasteiger partial charge < -0.3 is 0 Å². The van der Waals surface area contributed by atoms with Crippen molar-refractivity contribution in [1.29, 1.82) is 0 Å². The van der Waals surface area contributed by atoms with Crippen LogP contribution in [0.1, 0.15) is 25.7 Å². The zero-order valence-corrected chi connectivity index (χ0v) is 12.7. The summed E-state index contributed by atoms with van der Waals surface area (Å²) >= 11 is 0. The molecule has 0 atom stereocenters. The summed E-state index contributed by atoms with van der Waals surface area (Å²) in [6.07, 6.45) is -3.96. The predicted molar refractivity (Wildman–Crippen MR) is 64.2 cm³/mol. The van der Waals surface area contributed by atoms with Crippen LogP contribution < -0.4 is 4.13 Å². The Kier molecular flexibility index (Phi) is 5.96. The Balaban J connectivity index is 2.83. The second-order valence-corrected chi connectivity index (χ2v) is 8.65. The zero-order valence-electron chi connectivity index (χ0n) is 11.1. The molecule has 0 aromatic carbocycles. The van der Waals surface area contributed by atoms with Gasteiger partial charge in [-0.2, -0.15) is 22.0 Å². The lowest BCUT2D eigenvalue weighted by molar-refractivity contribution is -0.105. The van der Waals surface area contributed by atoms with Gasteiger partial charge in [-0.25, -0.2) is 16.8 Å². The molecule has 6 nitrogen and oxygen atoms in total. The second-order valence-electron chi connectivity index (χ2n) is 4.75. The first-order valence-corrected chi connectivity index (χ1v) is 9.02. The molecule has 0 spiro atoms. The summed E-state index contributed by atoms with van der Waals surface area (Å²) in [7, 11) is -11.0. The topological polar surface area (TPSA) is 89.5 Å². The van der Waals surface area contributed by atoms with Crippen LogP contribution >= 0.6 is 0 Å². The quantitative estimate of drug-likeness (QED) is 0.574. The minimum atomic E-state index is -6.10. The Morgan fingerprint density at radius 1 is 1.00 bits per heavy atom. The number of hydrogen-bond donors (Lipinski definition) is 1. The lowest BCUT2D eigenvalue weighted by atomic mass is 9.88. The van der Waals surface area contributed by atoms with Crippen molar-refractivity contribution in [3.63, 3.8) is 0 Å². The van der Waals surface area contributed by atoms with Gasteiger partial charge in [-0.1, -0.05) is 0 Å². The third kappa shape index (κ3) is 4.73. The average molecular weight is 391 g/mol. The molecule has 0 radical (unpaired) electrons. The molecular weight excluding hydrogens is 380 g/mol. The molecular formula is C9H11F6NO5S2. The lowest BCUT2D eigenvalue weighted by Crippen LogP contribution is -2.45. The van der Waals surface area contributed by atoms with Crippen molar-refractivity contribution < 1.29 is 48.3 Å². The third-order valence-electron chi connectivity index (χ3n) is 3.28. The number of allylic oxidation sites excluding steroid dienone is 1. The highest BCUT2D eigenvalue weighted by molar-refractivity contribution is 8.05. The van der Waals surface area contributed by atoms with Crippen LogP contribution in [0, 0.1) is 5.92 Å². The van der Waals surface area contributed by atoms with Gasteiger partial charge in [0.15, 0.2) is 0 Å². The van der Waals surface area contributed by atoms with E-state index in [1.54, 1.807) is 0 Å². The molecule has 1 aliphatic carbocycles. The van der Waals surface area contributed by atoms with E-state index < -0.39 is 61.4 Å². The van der Waals surface area contributed by atoms with E-state index in [2.05, 4.69) is 4.94 Å². The van der Waals surface area contributed by atoms with Crippen molar-refractivity contribution in [1.82, 2.24) is 4.13 Å². The molecule has 136 valence electrons. The predicted octanol–water partition coefficient (Wildman–Crippen LogP) is 2.32. The molecule has 0 aromatic heterocycles. The van der Waals surface area contributed by atoms with E-state index in [1.165, 1.54) is 0 Å². The summed E-state index contributed by atoms with van der Waals surface area (Å²) in [4.78, 5) is 3.02. The van der Waals surface area contributed by atoms with Crippen molar-refractivity contribution in [3.05, 3.63) is 11.8 Å². The summed E-state index contributed by atoms with van der Waals surface area (Å²) < 4.78 is 119. The Bertz CT molecular complexity index is 659. The zero-order chi connectivity index (χ0) is 18.1. The number of nitrogens with one attached hydrogen (secondary N) is 1. The minimum Gasteiger partial charge on any atom is -0.293 e. The Morgan fingerprint density at radius 3 is 1.83 bits per heavy atom. The molecule has 0 saturated heterocycles. The van der Waals surface area contributed by atoms with Crippen LogP contribution in [0.4, 0.5) is 26.5 Å². The SMILES string of the molecule is O=S(=O)(NS(=O)(=O)C(F)(F)F)C1CCC(C(OF)=C(F)F)CC1. The maximum atomic E-state index is 12.3. The van der Waals surface area contributed by atoms with Gasteiger partial charge in [0, 0.05) is 10.4 Å². The fourth-order valence-corrected chi connectivity index (χ4v) is 5.19. The van der Waals surface area contributed by atoms with Gasteiger partial charge >= 0.3 is 21.6 Å². The van der Waals surface area contributed by atoms with Crippen molar-refractivity contribution in [2.75, 3.05) is 0 Å². The number of sulfonamides is 2. The van der Waals surface area contributed by atoms with Crippen LogP contribution in [-0.4, -0.2) is 27.6 Å². The van der Waals surface area contributed by atoms with Gasteiger partial charge in [0.25, 0.3) is 0 Å². The molecule has 1 N–H and O–H groups in total. The third-order valence-corrected chi connectivity index (χ3v) is 7.05. The molecule has 0 bridgehead atoms. The van der Waals surface area contributed by atoms with Gasteiger partial charge in [-0.3, -0.25) is 4.94 Å². The van der Waals surface area contributed by atoms with Crippen molar-refractivity contribution >= 4 is 20.0 Å². The molecule has 14 heteroatoms. The molecule has 1 saturated carbocycles. The Labute approximate surface area is 127 Å². The molecule has 1 fully saturated rings. The van der Waals surface area contributed by atoms with E-state index in [1.807, 2.05) is 0 Å². The maximum absolute atomic E-state index is 12.3. The van der Waals surface area contributed by atoms with Crippen molar-refractivity contribution in [2.24, 2.45) is 5.92 Å². The largest absolute Gasteiger partial charge is 0.512 e. The molecule has 23 heavy (non-hydrogen) atoms. The van der Waals surface area contributed by atoms with Crippen LogP contribution in [0.5, 0.6) is 0 Å². The number of hydrogen-bond acceptors (Lipinski definition) is 5. The smallest absolute Gasteiger partial charge is 0.293 e. The van der Waals surface area contributed by atoms with E-state index >= 15 is 0 Å².